The van der Waals surface area contributed by atoms with Crippen LogP contribution in [0.3, 0.4) is 0 Å². The first-order valence-electron chi connectivity index (χ1n) is 10.1. The van der Waals surface area contributed by atoms with Gasteiger partial charge >= 0.3 is 5.97 Å². The average molecular weight is 395 g/mol. The van der Waals surface area contributed by atoms with Gasteiger partial charge in [0.1, 0.15) is 6.10 Å². The highest BCUT2D eigenvalue weighted by Gasteiger charge is 2.65. The molecule has 3 rings (SSSR count). The highest BCUT2D eigenvalue weighted by molar-refractivity contribution is 5.66. The van der Waals surface area contributed by atoms with Gasteiger partial charge in [0, 0.05) is 36.0 Å². The van der Waals surface area contributed by atoms with Crippen LogP contribution in [0, 0.1) is 28.6 Å². The zero-order valence-corrected chi connectivity index (χ0v) is 17.3. The minimum Gasteiger partial charge on any atom is -0.462 e. The summed E-state index contributed by atoms with van der Waals surface area (Å²) in [6, 6.07) is 0. The molecule has 6 nitrogen and oxygen atoms in total. The molecule has 8 atom stereocenters. The summed E-state index contributed by atoms with van der Waals surface area (Å²) in [5, 5.41) is 42.8. The Hall–Kier alpha value is -1.21. The fourth-order valence-corrected chi connectivity index (χ4v) is 6.49. The quantitative estimate of drug-likeness (QED) is 0.428. The molecule has 0 spiro atoms. The van der Waals surface area contributed by atoms with E-state index in [4.69, 9.17) is 4.74 Å². The van der Waals surface area contributed by atoms with E-state index in [2.05, 4.69) is 6.58 Å². The van der Waals surface area contributed by atoms with E-state index in [9.17, 15) is 25.2 Å². The van der Waals surface area contributed by atoms with Crippen molar-refractivity contribution in [3.8, 4) is 0 Å². The number of carbonyl (C=O) groups is 1. The first-order valence-corrected chi connectivity index (χ1v) is 10.1. The van der Waals surface area contributed by atoms with E-state index in [0.717, 1.165) is 5.57 Å². The standard InChI is InChI=1S/C22H34O6/c1-11(10-23)13-6-14-8-16(26)20-21(3,4)18(28-12(2)24)9-17(27)22(20,5)19(14)15(25)7-13/h8,13,15-20,23,25-27H,1,6-7,9-10H2,2-5H3. The SMILES string of the molecule is C=C(CO)C1CC2=CC(O)C3C(C)(C)C(OC(C)=O)CC(O)C3(C)C2C(O)C1. The highest BCUT2D eigenvalue weighted by atomic mass is 16.5. The van der Waals surface area contributed by atoms with Gasteiger partial charge in [0.05, 0.1) is 24.9 Å². The van der Waals surface area contributed by atoms with E-state index in [0.29, 0.717) is 18.4 Å². The highest BCUT2D eigenvalue weighted by Crippen LogP contribution is 2.63. The van der Waals surface area contributed by atoms with Gasteiger partial charge in [-0.2, -0.15) is 0 Å². The predicted molar refractivity (Wildman–Crippen MR) is 104 cm³/mol. The van der Waals surface area contributed by atoms with Gasteiger partial charge in [-0.25, -0.2) is 0 Å². The number of aliphatic hydroxyl groups is 4. The summed E-state index contributed by atoms with van der Waals surface area (Å²) in [5.74, 6) is -1.12. The fourth-order valence-electron chi connectivity index (χ4n) is 6.49. The Labute approximate surface area is 166 Å². The number of fused-ring (bicyclic) bond motifs is 3. The van der Waals surface area contributed by atoms with Crippen LogP contribution in [0.15, 0.2) is 23.8 Å². The Morgan fingerprint density at radius 3 is 2.46 bits per heavy atom. The van der Waals surface area contributed by atoms with Gasteiger partial charge in [0.2, 0.25) is 0 Å². The lowest BCUT2D eigenvalue weighted by Crippen LogP contribution is -2.67. The maximum atomic E-state index is 11.6. The van der Waals surface area contributed by atoms with Crippen molar-refractivity contribution in [1.82, 2.24) is 0 Å². The van der Waals surface area contributed by atoms with Crippen molar-refractivity contribution in [2.24, 2.45) is 28.6 Å². The van der Waals surface area contributed by atoms with Gasteiger partial charge < -0.3 is 25.2 Å². The first-order chi connectivity index (χ1) is 12.9. The van der Waals surface area contributed by atoms with Crippen molar-refractivity contribution in [3.63, 3.8) is 0 Å². The van der Waals surface area contributed by atoms with Crippen molar-refractivity contribution >= 4 is 5.97 Å². The molecule has 8 unspecified atom stereocenters. The average Bonchev–Trinajstić information content (AvgIpc) is 2.57. The van der Waals surface area contributed by atoms with E-state index >= 15 is 0 Å². The molecule has 0 heterocycles. The van der Waals surface area contributed by atoms with Crippen LogP contribution in [-0.4, -0.2) is 57.4 Å². The predicted octanol–water partition coefficient (Wildman–Crippen LogP) is 1.57. The minimum absolute atomic E-state index is 0.0441. The van der Waals surface area contributed by atoms with Crippen LogP contribution in [0.2, 0.25) is 0 Å². The lowest BCUT2D eigenvalue weighted by atomic mass is 9.43. The zero-order chi connectivity index (χ0) is 21.0. The molecular formula is C22H34O6. The van der Waals surface area contributed by atoms with Gasteiger partial charge in [-0.3, -0.25) is 4.79 Å². The molecule has 0 aliphatic heterocycles. The third kappa shape index (κ3) is 3.15. The Morgan fingerprint density at radius 2 is 1.89 bits per heavy atom. The van der Waals surface area contributed by atoms with Crippen molar-refractivity contribution < 1.29 is 30.0 Å². The van der Waals surface area contributed by atoms with E-state index in [1.807, 2.05) is 26.8 Å². The largest absolute Gasteiger partial charge is 0.462 e. The first kappa shape index (κ1) is 21.5. The second-order valence-electron chi connectivity index (χ2n) is 9.74. The molecule has 4 N–H and O–H groups in total. The van der Waals surface area contributed by atoms with Crippen LogP contribution in [0.25, 0.3) is 0 Å². The summed E-state index contributed by atoms with van der Waals surface area (Å²) in [4.78, 5) is 11.6. The molecule has 0 aromatic carbocycles. The fraction of sp³-hybridized carbons (Fsp3) is 0.773. The maximum absolute atomic E-state index is 11.6. The van der Waals surface area contributed by atoms with Gasteiger partial charge in [0.15, 0.2) is 0 Å². The molecule has 2 saturated carbocycles. The van der Waals surface area contributed by atoms with Crippen LogP contribution in [0.1, 0.15) is 47.0 Å². The van der Waals surface area contributed by atoms with Gasteiger partial charge in [-0.15, -0.1) is 0 Å². The number of esters is 1. The molecule has 0 amide bonds. The van der Waals surface area contributed by atoms with Crippen LogP contribution >= 0.6 is 0 Å². The third-order valence-electron chi connectivity index (χ3n) is 7.73. The molecule has 0 bridgehead atoms. The number of hydrogen-bond acceptors (Lipinski definition) is 6. The summed E-state index contributed by atoms with van der Waals surface area (Å²) in [7, 11) is 0. The van der Waals surface area contributed by atoms with Crippen molar-refractivity contribution in [3.05, 3.63) is 23.8 Å². The molecule has 3 aliphatic rings. The second-order valence-corrected chi connectivity index (χ2v) is 9.74. The number of carbonyl (C=O) groups excluding carboxylic acids is 1. The molecule has 0 radical (unpaired) electrons. The number of hydrogen-bond donors (Lipinski definition) is 4. The second kappa shape index (κ2) is 7.24. The van der Waals surface area contributed by atoms with Crippen LogP contribution in [-0.2, 0) is 9.53 Å². The summed E-state index contributed by atoms with van der Waals surface area (Å²) in [6.45, 7) is 11.0. The zero-order valence-electron chi connectivity index (χ0n) is 17.3. The van der Waals surface area contributed by atoms with Crippen LogP contribution in [0.5, 0.6) is 0 Å². The van der Waals surface area contributed by atoms with Crippen molar-refractivity contribution in [2.45, 2.75) is 71.4 Å². The normalized spacial score (nSPS) is 44.7. The Kier molecular flexibility index (Phi) is 5.56. The lowest BCUT2D eigenvalue weighted by molar-refractivity contribution is -0.227. The summed E-state index contributed by atoms with van der Waals surface area (Å²) in [5.41, 5.74) is 0.269. The maximum Gasteiger partial charge on any atom is 0.302 e. The van der Waals surface area contributed by atoms with Crippen molar-refractivity contribution in [1.29, 1.82) is 0 Å². The molecule has 0 aromatic heterocycles. The molecule has 6 heteroatoms. The van der Waals surface area contributed by atoms with E-state index in [1.54, 1.807) is 0 Å². The lowest BCUT2D eigenvalue weighted by Gasteiger charge is -2.63. The Balaban J connectivity index is 2.04. The molecule has 158 valence electrons. The third-order valence-corrected chi connectivity index (χ3v) is 7.73. The summed E-state index contributed by atoms with van der Waals surface area (Å²) < 4.78 is 5.51. The number of ether oxygens (including phenoxy) is 1. The molecule has 2 fully saturated rings. The summed E-state index contributed by atoms with van der Waals surface area (Å²) in [6.07, 6.45) is 0.297. The van der Waals surface area contributed by atoms with Crippen LogP contribution < -0.4 is 0 Å². The Bertz CT molecular complexity index is 683. The molecule has 0 saturated heterocycles. The smallest absolute Gasteiger partial charge is 0.302 e. The monoisotopic (exact) mass is 394 g/mol. The number of aliphatic hydroxyl groups excluding tert-OH is 4. The topological polar surface area (TPSA) is 107 Å². The summed E-state index contributed by atoms with van der Waals surface area (Å²) >= 11 is 0. The van der Waals surface area contributed by atoms with Gasteiger partial charge in [-0.1, -0.05) is 39.0 Å². The van der Waals surface area contributed by atoms with Gasteiger partial charge in [-0.05, 0) is 24.3 Å². The molecular weight excluding hydrogens is 360 g/mol. The molecule has 3 aliphatic carbocycles. The number of rotatable bonds is 3. The van der Waals surface area contributed by atoms with E-state index < -0.39 is 41.2 Å². The van der Waals surface area contributed by atoms with E-state index in [1.165, 1.54) is 6.92 Å². The van der Waals surface area contributed by atoms with Crippen LogP contribution in [0.4, 0.5) is 0 Å². The minimum atomic E-state index is -0.828. The van der Waals surface area contributed by atoms with E-state index in [-0.39, 0.29) is 30.8 Å². The molecule has 0 aromatic rings. The Morgan fingerprint density at radius 1 is 1.25 bits per heavy atom. The molecule has 28 heavy (non-hydrogen) atoms. The van der Waals surface area contributed by atoms with Crippen molar-refractivity contribution in [2.75, 3.05) is 6.61 Å². The van der Waals surface area contributed by atoms with Gasteiger partial charge in [0.25, 0.3) is 0 Å².